The van der Waals surface area contributed by atoms with E-state index in [2.05, 4.69) is 10.9 Å². The van der Waals surface area contributed by atoms with Gasteiger partial charge in [0.15, 0.2) is 0 Å². The van der Waals surface area contributed by atoms with Gasteiger partial charge in [-0.3, -0.25) is 20.4 Å². The number of hydrogen-bond donors (Lipinski definition) is 2. The number of thioether (sulfide) groups is 1. The summed E-state index contributed by atoms with van der Waals surface area (Å²) in [5.41, 5.74) is 4.73. The van der Waals surface area contributed by atoms with Crippen LogP contribution in [0.1, 0.15) is 23.0 Å². The van der Waals surface area contributed by atoms with E-state index < -0.39 is 5.91 Å². The van der Waals surface area contributed by atoms with Crippen LogP contribution in [0.5, 0.6) is 5.75 Å². The average molecular weight is 333 g/mol. The lowest BCUT2D eigenvalue weighted by Crippen LogP contribution is -2.41. The molecular formula is C12H13ClN2O3S2. The lowest BCUT2D eigenvalue weighted by Gasteiger charge is -2.08. The summed E-state index contributed by atoms with van der Waals surface area (Å²) in [5, 5.41) is 2.29. The average Bonchev–Trinajstić information content (AvgIpc) is 3.05. The molecule has 2 heterocycles. The Kier molecular flexibility index (Phi) is 5.33. The Bertz CT molecular complexity index is 557. The number of amides is 2. The highest BCUT2D eigenvalue weighted by Crippen LogP contribution is 2.33. The molecular weight excluding hydrogens is 320 g/mol. The van der Waals surface area contributed by atoms with Crippen molar-refractivity contribution in [3.05, 3.63) is 26.3 Å². The predicted octanol–water partition coefficient (Wildman–Crippen LogP) is 2.50. The minimum Gasteiger partial charge on any atom is -0.492 e. The molecule has 0 atom stereocenters. The summed E-state index contributed by atoms with van der Waals surface area (Å²) in [5.74, 6) is 0.503. The van der Waals surface area contributed by atoms with Gasteiger partial charge in [-0.2, -0.15) is 0 Å². The zero-order valence-corrected chi connectivity index (χ0v) is 13.1. The van der Waals surface area contributed by atoms with Crippen molar-refractivity contribution in [1.82, 2.24) is 10.9 Å². The third-order valence-corrected chi connectivity index (χ3v) is 4.96. The highest BCUT2D eigenvalue weighted by molar-refractivity contribution is 8.04. The van der Waals surface area contributed by atoms with Crippen LogP contribution >= 0.6 is 34.7 Å². The van der Waals surface area contributed by atoms with Crippen LogP contribution in [0, 0.1) is 0 Å². The predicted molar refractivity (Wildman–Crippen MR) is 81.1 cm³/mol. The van der Waals surface area contributed by atoms with E-state index in [0.717, 1.165) is 5.75 Å². The first-order valence-corrected chi connectivity index (χ1v) is 8.20. The highest BCUT2D eigenvalue weighted by atomic mass is 35.5. The molecule has 2 rings (SSSR count). The molecule has 108 valence electrons. The Balaban J connectivity index is 1.93. The molecule has 0 saturated heterocycles. The van der Waals surface area contributed by atoms with Gasteiger partial charge in [-0.05, 0) is 24.8 Å². The van der Waals surface area contributed by atoms with Crippen LogP contribution in [-0.4, -0.2) is 24.2 Å². The summed E-state index contributed by atoms with van der Waals surface area (Å²) in [6, 6.07) is 1.72. The maximum absolute atomic E-state index is 12.0. The van der Waals surface area contributed by atoms with Gasteiger partial charge in [-0.25, -0.2) is 0 Å². The fraction of sp³-hybridized carbons (Fsp3) is 0.333. The second-order valence-electron chi connectivity index (χ2n) is 3.79. The summed E-state index contributed by atoms with van der Waals surface area (Å²) in [6.07, 6.45) is 0.683. The monoisotopic (exact) mass is 332 g/mol. The van der Waals surface area contributed by atoms with Gasteiger partial charge in [0.05, 0.1) is 11.5 Å². The molecule has 20 heavy (non-hydrogen) atoms. The van der Waals surface area contributed by atoms with Crippen molar-refractivity contribution in [2.75, 3.05) is 12.4 Å². The van der Waals surface area contributed by atoms with E-state index in [-0.39, 0.29) is 5.91 Å². The minimum atomic E-state index is -0.406. The first-order valence-electron chi connectivity index (χ1n) is 5.96. The Labute approximate surface area is 129 Å². The highest BCUT2D eigenvalue weighted by Gasteiger charge is 2.21. The molecule has 0 radical (unpaired) electrons. The lowest BCUT2D eigenvalue weighted by molar-refractivity contribution is -0.117. The molecule has 5 nitrogen and oxygen atoms in total. The molecule has 0 unspecified atom stereocenters. The molecule has 0 bridgehead atoms. The number of hydrogen-bond acceptors (Lipinski definition) is 5. The summed E-state index contributed by atoms with van der Waals surface area (Å²) in [6.45, 7) is 2.31. The van der Waals surface area contributed by atoms with Gasteiger partial charge in [0, 0.05) is 10.8 Å². The fourth-order valence-corrected chi connectivity index (χ4v) is 3.72. The van der Waals surface area contributed by atoms with Gasteiger partial charge in [-0.1, -0.05) is 11.6 Å². The van der Waals surface area contributed by atoms with E-state index in [4.69, 9.17) is 16.3 Å². The van der Waals surface area contributed by atoms with Gasteiger partial charge >= 0.3 is 0 Å². The second-order valence-corrected chi connectivity index (χ2v) is 6.27. The van der Waals surface area contributed by atoms with Crippen LogP contribution in [0.4, 0.5) is 0 Å². The Morgan fingerprint density at radius 2 is 2.15 bits per heavy atom. The number of allylic oxidation sites excluding steroid dienone is 1. The first-order chi connectivity index (χ1) is 9.63. The molecule has 8 heteroatoms. The minimum absolute atomic E-state index is 0.389. The normalized spacial score (nSPS) is 14.3. The third-order valence-electron chi connectivity index (χ3n) is 2.45. The third kappa shape index (κ3) is 3.47. The van der Waals surface area contributed by atoms with Crippen molar-refractivity contribution in [1.29, 1.82) is 0 Å². The number of nitrogens with one attached hydrogen (secondary N) is 2. The molecule has 1 aliphatic rings. The van der Waals surface area contributed by atoms with Crippen molar-refractivity contribution in [3.63, 3.8) is 0 Å². The zero-order chi connectivity index (χ0) is 14.5. The summed E-state index contributed by atoms with van der Waals surface area (Å²) >= 11 is 8.55. The van der Waals surface area contributed by atoms with Gasteiger partial charge in [-0.15, -0.1) is 23.1 Å². The van der Waals surface area contributed by atoms with Gasteiger partial charge in [0.1, 0.15) is 10.6 Å². The standard InChI is InChI=1S/C12H13ClN2O3S2/c1-2-18-8-4-6-20-10(8)12(17)15-14-11(16)9-7(13)3-5-19-9/h4,6H,2-3,5H2,1H3,(H,14,16)(H,15,17). The van der Waals surface area contributed by atoms with Crippen LogP contribution in [0.25, 0.3) is 0 Å². The van der Waals surface area contributed by atoms with Crippen molar-refractivity contribution in [2.45, 2.75) is 13.3 Å². The summed E-state index contributed by atoms with van der Waals surface area (Å²) in [4.78, 5) is 24.7. The number of halogens is 1. The number of hydrazine groups is 1. The fourth-order valence-electron chi connectivity index (χ4n) is 1.58. The van der Waals surface area contributed by atoms with E-state index in [1.54, 1.807) is 11.4 Å². The van der Waals surface area contributed by atoms with E-state index in [0.29, 0.717) is 33.6 Å². The maximum Gasteiger partial charge on any atom is 0.283 e. The van der Waals surface area contributed by atoms with Crippen molar-refractivity contribution < 1.29 is 14.3 Å². The topological polar surface area (TPSA) is 67.4 Å². The van der Waals surface area contributed by atoms with Gasteiger partial charge < -0.3 is 4.74 Å². The molecule has 0 aromatic carbocycles. The molecule has 0 saturated carbocycles. The van der Waals surface area contributed by atoms with Crippen LogP contribution in [0.3, 0.4) is 0 Å². The molecule has 2 amide bonds. The Morgan fingerprint density at radius 3 is 2.80 bits per heavy atom. The van der Waals surface area contributed by atoms with Gasteiger partial charge in [0.2, 0.25) is 0 Å². The van der Waals surface area contributed by atoms with E-state index in [9.17, 15) is 9.59 Å². The molecule has 1 aromatic rings. The smallest absolute Gasteiger partial charge is 0.283 e. The number of carbonyl (C=O) groups excluding carboxylic acids is 2. The number of thiophene rings is 1. The van der Waals surface area contributed by atoms with Crippen molar-refractivity contribution in [2.24, 2.45) is 0 Å². The van der Waals surface area contributed by atoms with Crippen LogP contribution in [-0.2, 0) is 4.79 Å². The van der Waals surface area contributed by atoms with Crippen LogP contribution in [0.2, 0.25) is 0 Å². The molecule has 0 aliphatic carbocycles. The number of ether oxygens (including phenoxy) is 1. The number of carbonyl (C=O) groups is 2. The van der Waals surface area contributed by atoms with Crippen LogP contribution < -0.4 is 15.6 Å². The van der Waals surface area contributed by atoms with E-state index >= 15 is 0 Å². The Morgan fingerprint density at radius 1 is 1.40 bits per heavy atom. The zero-order valence-electron chi connectivity index (χ0n) is 10.7. The molecule has 1 aromatic heterocycles. The SMILES string of the molecule is CCOc1ccsc1C(=O)NNC(=O)C1=C(Cl)CCS1. The second kappa shape index (κ2) is 7.01. The lowest BCUT2D eigenvalue weighted by atomic mass is 10.4. The van der Waals surface area contributed by atoms with Crippen molar-refractivity contribution >= 4 is 46.5 Å². The van der Waals surface area contributed by atoms with E-state index in [1.807, 2.05) is 6.92 Å². The quantitative estimate of drug-likeness (QED) is 0.831. The number of rotatable bonds is 4. The molecule has 2 N–H and O–H groups in total. The van der Waals surface area contributed by atoms with E-state index in [1.165, 1.54) is 23.1 Å². The first kappa shape index (κ1) is 15.2. The summed E-state index contributed by atoms with van der Waals surface area (Å²) < 4.78 is 5.32. The molecule has 0 spiro atoms. The maximum atomic E-state index is 12.0. The largest absolute Gasteiger partial charge is 0.492 e. The Hall–Kier alpha value is -1.18. The van der Waals surface area contributed by atoms with Crippen LogP contribution in [0.15, 0.2) is 21.4 Å². The summed E-state index contributed by atoms with van der Waals surface area (Å²) in [7, 11) is 0. The van der Waals surface area contributed by atoms with Crippen molar-refractivity contribution in [3.8, 4) is 5.75 Å². The van der Waals surface area contributed by atoms with Gasteiger partial charge in [0.25, 0.3) is 11.8 Å². The molecule has 0 fully saturated rings. The molecule has 1 aliphatic heterocycles.